The molecule has 0 N–H and O–H groups in total. The van der Waals surface area contributed by atoms with E-state index in [1.165, 1.54) is 11.1 Å². The summed E-state index contributed by atoms with van der Waals surface area (Å²) < 4.78 is 0. The highest BCUT2D eigenvalue weighted by Gasteiger charge is 2.11. The van der Waals surface area contributed by atoms with Crippen LogP contribution in [-0.2, 0) is 0 Å². The van der Waals surface area contributed by atoms with E-state index < -0.39 is 0 Å². The first-order valence-corrected chi connectivity index (χ1v) is 6.34. The van der Waals surface area contributed by atoms with Gasteiger partial charge in [0.25, 0.3) is 0 Å². The van der Waals surface area contributed by atoms with Gasteiger partial charge >= 0.3 is 0 Å². The molecule has 1 unspecified atom stereocenters. The maximum Gasteiger partial charge on any atom is 0.00866 e. The molecule has 0 bridgehead atoms. The number of hydrogen-bond acceptors (Lipinski definition) is 0. The van der Waals surface area contributed by atoms with Gasteiger partial charge in [0.2, 0.25) is 0 Å². The van der Waals surface area contributed by atoms with Crippen molar-refractivity contribution in [3.8, 4) is 0 Å². The molecule has 0 aliphatic rings. The highest BCUT2D eigenvalue weighted by Crippen LogP contribution is 2.28. The Labute approximate surface area is 105 Å². The Balaban J connectivity index is 3.06. The first-order chi connectivity index (χ1) is 8.33. The predicted octanol–water partition coefficient (Wildman–Crippen LogP) is 5.26. The summed E-state index contributed by atoms with van der Waals surface area (Å²) in [5, 5.41) is 0. The Kier molecular flexibility index (Phi) is 6.09. The van der Waals surface area contributed by atoms with Gasteiger partial charge in [0.1, 0.15) is 0 Å². The van der Waals surface area contributed by atoms with Crippen molar-refractivity contribution in [2.24, 2.45) is 0 Å². The van der Waals surface area contributed by atoms with Gasteiger partial charge in [-0.15, -0.1) is 0 Å². The molecule has 1 aromatic rings. The summed E-state index contributed by atoms with van der Waals surface area (Å²) in [6.45, 7) is 6.36. The average molecular weight is 226 g/mol. The Morgan fingerprint density at radius 3 is 2.35 bits per heavy atom. The minimum atomic E-state index is 0.489. The summed E-state index contributed by atoms with van der Waals surface area (Å²) in [6.07, 6.45) is 11.8. The molecule has 0 heterocycles. The van der Waals surface area contributed by atoms with E-state index in [-0.39, 0.29) is 0 Å². The molecule has 0 amide bonds. The molecule has 1 atom stereocenters. The lowest BCUT2D eigenvalue weighted by atomic mass is 9.88. The molecule has 0 radical (unpaired) electrons. The highest BCUT2D eigenvalue weighted by atomic mass is 14.2. The van der Waals surface area contributed by atoms with Crippen LogP contribution in [0, 0.1) is 0 Å². The van der Waals surface area contributed by atoms with E-state index in [0.29, 0.717) is 5.92 Å². The fourth-order valence-electron chi connectivity index (χ4n) is 2.04. The van der Waals surface area contributed by atoms with E-state index >= 15 is 0 Å². The van der Waals surface area contributed by atoms with Crippen molar-refractivity contribution < 1.29 is 0 Å². The minimum absolute atomic E-state index is 0.489. The van der Waals surface area contributed by atoms with E-state index in [1.54, 1.807) is 0 Å². The molecule has 0 spiro atoms. The lowest BCUT2D eigenvalue weighted by Crippen LogP contribution is -1.99. The maximum absolute atomic E-state index is 2.24. The molecule has 0 heteroatoms. The Hall–Kier alpha value is -1.56. The van der Waals surface area contributed by atoms with Crippen molar-refractivity contribution in [2.75, 3.05) is 0 Å². The van der Waals surface area contributed by atoms with Crippen molar-refractivity contribution in [2.45, 2.75) is 33.1 Å². The average Bonchev–Trinajstić information content (AvgIpc) is 2.38. The van der Waals surface area contributed by atoms with Crippen LogP contribution in [0.25, 0.3) is 0 Å². The van der Waals surface area contributed by atoms with Gasteiger partial charge in [-0.05, 0) is 31.4 Å². The van der Waals surface area contributed by atoms with Crippen molar-refractivity contribution in [1.82, 2.24) is 0 Å². The molecule has 0 aliphatic heterocycles. The molecule has 90 valence electrons. The molecule has 1 aromatic carbocycles. The van der Waals surface area contributed by atoms with Gasteiger partial charge < -0.3 is 0 Å². The number of hydrogen-bond donors (Lipinski definition) is 0. The van der Waals surface area contributed by atoms with Crippen LogP contribution in [0.15, 0.2) is 66.3 Å². The molecule has 0 fully saturated rings. The lowest BCUT2D eigenvalue weighted by Gasteiger charge is -2.16. The van der Waals surface area contributed by atoms with Gasteiger partial charge in [-0.2, -0.15) is 0 Å². The first-order valence-electron chi connectivity index (χ1n) is 6.34. The lowest BCUT2D eigenvalue weighted by molar-refractivity contribution is 0.776. The molecular weight excluding hydrogens is 204 g/mol. The second-order valence-electron chi connectivity index (χ2n) is 4.06. The van der Waals surface area contributed by atoms with Gasteiger partial charge in [-0.25, -0.2) is 0 Å². The zero-order valence-electron chi connectivity index (χ0n) is 11.1. The third-order valence-corrected chi connectivity index (χ3v) is 2.85. The van der Waals surface area contributed by atoms with Gasteiger partial charge in [0.05, 0.1) is 0 Å². The normalized spacial score (nSPS) is 14.6. The van der Waals surface area contributed by atoms with Crippen molar-refractivity contribution in [3.05, 3.63) is 71.8 Å². The molecule has 0 aromatic heterocycles. The van der Waals surface area contributed by atoms with Crippen LogP contribution in [0.5, 0.6) is 0 Å². The topological polar surface area (TPSA) is 0 Å². The van der Waals surface area contributed by atoms with Gasteiger partial charge in [0.15, 0.2) is 0 Å². The summed E-state index contributed by atoms with van der Waals surface area (Å²) in [6, 6.07) is 10.7. The summed E-state index contributed by atoms with van der Waals surface area (Å²) in [4.78, 5) is 0. The SMILES string of the molecule is C\C=C/C=C(\C=C/C)C(CC)c1ccccc1. The maximum atomic E-state index is 2.24. The van der Waals surface area contributed by atoms with E-state index in [1.807, 2.05) is 6.92 Å². The first kappa shape index (κ1) is 13.5. The molecule has 0 saturated heterocycles. The summed E-state index contributed by atoms with van der Waals surface area (Å²) in [5.74, 6) is 0.489. The van der Waals surface area contributed by atoms with Gasteiger partial charge in [-0.3, -0.25) is 0 Å². The van der Waals surface area contributed by atoms with Crippen LogP contribution >= 0.6 is 0 Å². The third kappa shape index (κ3) is 4.07. The van der Waals surface area contributed by atoms with E-state index in [9.17, 15) is 0 Å². The second kappa shape index (κ2) is 7.67. The van der Waals surface area contributed by atoms with Crippen molar-refractivity contribution in [1.29, 1.82) is 0 Å². The van der Waals surface area contributed by atoms with Crippen LogP contribution in [0.2, 0.25) is 0 Å². The largest absolute Gasteiger partial charge is 0.0877 e. The number of benzene rings is 1. The van der Waals surface area contributed by atoms with Gasteiger partial charge in [0, 0.05) is 5.92 Å². The smallest absolute Gasteiger partial charge is 0.00866 e. The van der Waals surface area contributed by atoms with Crippen LogP contribution in [0.3, 0.4) is 0 Å². The summed E-state index contributed by atoms with van der Waals surface area (Å²) in [7, 11) is 0. The number of rotatable bonds is 5. The third-order valence-electron chi connectivity index (χ3n) is 2.85. The fourth-order valence-corrected chi connectivity index (χ4v) is 2.04. The van der Waals surface area contributed by atoms with Crippen molar-refractivity contribution in [3.63, 3.8) is 0 Å². The quantitative estimate of drug-likeness (QED) is 0.601. The standard InChI is InChI=1S/C17H22/c1-4-7-12-15(11-5-2)17(6-3)16-13-9-8-10-14-16/h4-5,7-14,17H,6H2,1-3H3/b7-4-,11-5-,15-12+. The summed E-state index contributed by atoms with van der Waals surface area (Å²) >= 11 is 0. The van der Waals surface area contributed by atoms with Crippen LogP contribution < -0.4 is 0 Å². The monoisotopic (exact) mass is 226 g/mol. The number of allylic oxidation sites excluding steroid dienone is 6. The zero-order chi connectivity index (χ0) is 12.5. The Morgan fingerprint density at radius 2 is 1.82 bits per heavy atom. The fraction of sp³-hybridized carbons (Fsp3) is 0.294. The van der Waals surface area contributed by atoms with E-state index in [0.717, 1.165) is 6.42 Å². The predicted molar refractivity (Wildman–Crippen MR) is 77.2 cm³/mol. The zero-order valence-corrected chi connectivity index (χ0v) is 11.1. The minimum Gasteiger partial charge on any atom is -0.0877 e. The molecule has 17 heavy (non-hydrogen) atoms. The Morgan fingerprint density at radius 1 is 1.12 bits per heavy atom. The second-order valence-corrected chi connectivity index (χ2v) is 4.06. The van der Waals surface area contributed by atoms with Crippen LogP contribution in [0.1, 0.15) is 38.7 Å². The van der Waals surface area contributed by atoms with Gasteiger partial charge in [-0.1, -0.05) is 67.6 Å². The van der Waals surface area contributed by atoms with Crippen LogP contribution in [-0.4, -0.2) is 0 Å². The van der Waals surface area contributed by atoms with Crippen LogP contribution in [0.4, 0.5) is 0 Å². The Bertz CT molecular complexity index is 393. The highest BCUT2D eigenvalue weighted by molar-refractivity contribution is 5.36. The molecule has 0 aliphatic carbocycles. The molecule has 0 nitrogen and oxygen atoms in total. The molecule has 1 rings (SSSR count). The van der Waals surface area contributed by atoms with E-state index in [4.69, 9.17) is 0 Å². The van der Waals surface area contributed by atoms with E-state index in [2.05, 4.69) is 74.6 Å². The molecular formula is C17H22. The summed E-state index contributed by atoms with van der Waals surface area (Å²) in [5.41, 5.74) is 2.77. The molecule has 0 saturated carbocycles. The van der Waals surface area contributed by atoms with Crippen molar-refractivity contribution >= 4 is 0 Å².